The molecule has 0 aromatic rings. The topological polar surface area (TPSA) is 15.3 Å². The summed E-state index contributed by atoms with van der Waals surface area (Å²) in [6.45, 7) is 18.7. The summed E-state index contributed by atoms with van der Waals surface area (Å²) in [5.74, 6) is 1.84. The maximum Gasteiger partial charge on any atom is -0.00135 e. The van der Waals surface area contributed by atoms with E-state index < -0.39 is 0 Å². The first-order valence-corrected chi connectivity index (χ1v) is 9.22. The quantitative estimate of drug-likeness (QED) is 0.837. The number of hydrogen-bond acceptors (Lipinski definition) is 2. The highest BCUT2D eigenvalue weighted by atomic mass is 15.1. The SMILES string of the molecule is CC(C)(C)C1CCN(CCC(C)(C)C2CCNCC2)CC1. The molecule has 2 heterocycles. The average Bonchev–Trinajstić information content (AvgIpc) is 2.46. The Balaban J connectivity index is 1.73. The van der Waals surface area contributed by atoms with Crippen molar-refractivity contribution in [1.29, 1.82) is 0 Å². The molecule has 0 aromatic carbocycles. The lowest BCUT2D eigenvalue weighted by Gasteiger charge is -2.42. The van der Waals surface area contributed by atoms with Gasteiger partial charge in [-0.2, -0.15) is 0 Å². The molecular weight excluding hydrogens is 256 g/mol. The molecule has 0 amide bonds. The van der Waals surface area contributed by atoms with Gasteiger partial charge in [-0.05, 0) is 87.5 Å². The summed E-state index contributed by atoms with van der Waals surface area (Å²) in [4.78, 5) is 2.73. The maximum absolute atomic E-state index is 3.50. The maximum atomic E-state index is 3.50. The number of nitrogens with one attached hydrogen (secondary N) is 1. The minimum absolute atomic E-state index is 0.500. The summed E-state index contributed by atoms with van der Waals surface area (Å²) in [7, 11) is 0. The second kappa shape index (κ2) is 7.00. The standard InChI is InChI=1S/C19H38N2/c1-18(2,3)16-8-13-21(14-9-16)15-10-19(4,5)17-6-11-20-12-7-17/h16-17,20H,6-15H2,1-5H3. The molecule has 0 radical (unpaired) electrons. The molecule has 2 fully saturated rings. The molecular formula is C19H38N2. The molecule has 2 saturated heterocycles. The molecule has 21 heavy (non-hydrogen) atoms. The smallest absolute Gasteiger partial charge is 0.00135 e. The summed E-state index contributed by atoms with van der Waals surface area (Å²) in [6.07, 6.45) is 6.92. The molecule has 0 unspecified atom stereocenters. The predicted molar refractivity (Wildman–Crippen MR) is 92.6 cm³/mol. The van der Waals surface area contributed by atoms with E-state index in [-0.39, 0.29) is 0 Å². The lowest BCUT2D eigenvalue weighted by Crippen LogP contribution is -2.41. The fourth-order valence-corrected chi connectivity index (χ4v) is 4.28. The number of rotatable bonds is 4. The molecule has 2 rings (SSSR count). The fraction of sp³-hybridized carbons (Fsp3) is 1.00. The molecule has 0 aliphatic carbocycles. The van der Waals surface area contributed by atoms with Crippen LogP contribution in [0.1, 0.15) is 66.7 Å². The van der Waals surface area contributed by atoms with Crippen LogP contribution in [0.15, 0.2) is 0 Å². The van der Waals surface area contributed by atoms with E-state index in [4.69, 9.17) is 0 Å². The van der Waals surface area contributed by atoms with Crippen LogP contribution in [0, 0.1) is 22.7 Å². The van der Waals surface area contributed by atoms with Gasteiger partial charge in [-0.1, -0.05) is 34.6 Å². The van der Waals surface area contributed by atoms with Crippen LogP contribution in [-0.4, -0.2) is 37.6 Å². The number of nitrogens with zero attached hydrogens (tertiary/aromatic N) is 1. The minimum Gasteiger partial charge on any atom is -0.317 e. The van der Waals surface area contributed by atoms with Crippen LogP contribution >= 0.6 is 0 Å². The lowest BCUT2D eigenvalue weighted by molar-refractivity contribution is 0.0849. The Morgan fingerprint density at radius 3 is 1.95 bits per heavy atom. The second-order valence-electron chi connectivity index (χ2n) is 9.24. The van der Waals surface area contributed by atoms with Crippen molar-refractivity contribution in [2.45, 2.75) is 66.7 Å². The number of hydrogen-bond donors (Lipinski definition) is 1. The van der Waals surface area contributed by atoms with E-state index in [1.165, 1.54) is 64.8 Å². The third kappa shape index (κ3) is 4.96. The molecule has 0 atom stereocenters. The van der Waals surface area contributed by atoms with Crippen LogP contribution in [0.2, 0.25) is 0 Å². The minimum atomic E-state index is 0.500. The van der Waals surface area contributed by atoms with E-state index in [0.29, 0.717) is 10.8 Å². The van der Waals surface area contributed by atoms with E-state index in [0.717, 1.165) is 11.8 Å². The molecule has 0 saturated carbocycles. The molecule has 1 N–H and O–H groups in total. The van der Waals surface area contributed by atoms with Crippen LogP contribution in [-0.2, 0) is 0 Å². The Hall–Kier alpha value is -0.0800. The van der Waals surface area contributed by atoms with Crippen molar-refractivity contribution in [2.75, 3.05) is 32.7 Å². The van der Waals surface area contributed by atoms with E-state index in [1.807, 2.05) is 0 Å². The highest BCUT2D eigenvalue weighted by molar-refractivity contribution is 4.85. The Bertz CT molecular complexity index is 302. The molecule has 0 bridgehead atoms. The first-order valence-electron chi connectivity index (χ1n) is 9.22. The Morgan fingerprint density at radius 1 is 0.857 bits per heavy atom. The van der Waals surface area contributed by atoms with E-state index in [2.05, 4.69) is 44.8 Å². The second-order valence-corrected chi connectivity index (χ2v) is 9.24. The zero-order chi connectivity index (χ0) is 15.5. The third-order valence-electron chi connectivity index (χ3n) is 6.33. The molecule has 2 nitrogen and oxygen atoms in total. The zero-order valence-electron chi connectivity index (χ0n) is 15.2. The van der Waals surface area contributed by atoms with Crippen molar-refractivity contribution in [2.24, 2.45) is 22.7 Å². The Labute approximate surface area is 133 Å². The van der Waals surface area contributed by atoms with Crippen LogP contribution in [0.5, 0.6) is 0 Å². The normalized spacial score (nSPS) is 24.4. The van der Waals surface area contributed by atoms with Crippen LogP contribution < -0.4 is 5.32 Å². The van der Waals surface area contributed by atoms with Crippen molar-refractivity contribution >= 4 is 0 Å². The van der Waals surface area contributed by atoms with Crippen molar-refractivity contribution in [3.05, 3.63) is 0 Å². The van der Waals surface area contributed by atoms with Gasteiger partial charge in [-0.3, -0.25) is 0 Å². The first-order chi connectivity index (χ1) is 9.79. The summed E-state index contributed by atoms with van der Waals surface area (Å²) in [5, 5.41) is 3.50. The summed E-state index contributed by atoms with van der Waals surface area (Å²) in [5.41, 5.74) is 1.02. The van der Waals surface area contributed by atoms with Gasteiger partial charge in [0.05, 0.1) is 0 Å². The van der Waals surface area contributed by atoms with Gasteiger partial charge in [0.1, 0.15) is 0 Å². The monoisotopic (exact) mass is 294 g/mol. The van der Waals surface area contributed by atoms with Crippen LogP contribution in [0.25, 0.3) is 0 Å². The van der Waals surface area contributed by atoms with Gasteiger partial charge in [0.2, 0.25) is 0 Å². The fourth-order valence-electron chi connectivity index (χ4n) is 4.28. The summed E-state index contributed by atoms with van der Waals surface area (Å²) < 4.78 is 0. The average molecular weight is 295 g/mol. The third-order valence-corrected chi connectivity index (χ3v) is 6.33. The van der Waals surface area contributed by atoms with E-state index >= 15 is 0 Å². The molecule has 0 spiro atoms. The first kappa shape index (κ1) is 17.3. The molecule has 124 valence electrons. The van der Waals surface area contributed by atoms with Gasteiger partial charge in [0.25, 0.3) is 0 Å². The Morgan fingerprint density at radius 2 is 1.43 bits per heavy atom. The van der Waals surface area contributed by atoms with Gasteiger partial charge >= 0.3 is 0 Å². The van der Waals surface area contributed by atoms with E-state index in [1.54, 1.807) is 0 Å². The van der Waals surface area contributed by atoms with Crippen molar-refractivity contribution < 1.29 is 0 Å². The summed E-state index contributed by atoms with van der Waals surface area (Å²) in [6, 6.07) is 0. The Kier molecular flexibility index (Phi) is 5.76. The van der Waals surface area contributed by atoms with Gasteiger partial charge in [-0.25, -0.2) is 0 Å². The molecule has 0 aromatic heterocycles. The van der Waals surface area contributed by atoms with E-state index in [9.17, 15) is 0 Å². The van der Waals surface area contributed by atoms with Gasteiger partial charge < -0.3 is 10.2 Å². The lowest BCUT2D eigenvalue weighted by atomic mass is 9.71. The van der Waals surface area contributed by atoms with Crippen LogP contribution in [0.3, 0.4) is 0 Å². The number of piperidine rings is 2. The van der Waals surface area contributed by atoms with Crippen LogP contribution in [0.4, 0.5) is 0 Å². The molecule has 2 aliphatic heterocycles. The molecule has 2 aliphatic rings. The molecule has 2 heteroatoms. The highest BCUT2D eigenvalue weighted by Crippen LogP contribution is 2.38. The van der Waals surface area contributed by atoms with Crippen molar-refractivity contribution in [1.82, 2.24) is 10.2 Å². The van der Waals surface area contributed by atoms with Crippen molar-refractivity contribution in [3.8, 4) is 0 Å². The van der Waals surface area contributed by atoms with Gasteiger partial charge in [0.15, 0.2) is 0 Å². The van der Waals surface area contributed by atoms with Gasteiger partial charge in [0, 0.05) is 0 Å². The van der Waals surface area contributed by atoms with Gasteiger partial charge in [-0.15, -0.1) is 0 Å². The largest absolute Gasteiger partial charge is 0.317 e. The zero-order valence-corrected chi connectivity index (χ0v) is 15.2. The summed E-state index contributed by atoms with van der Waals surface area (Å²) >= 11 is 0. The highest BCUT2D eigenvalue weighted by Gasteiger charge is 2.32. The van der Waals surface area contributed by atoms with Crippen molar-refractivity contribution in [3.63, 3.8) is 0 Å². The predicted octanol–water partition coefficient (Wildman–Crippen LogP) is 4.16. The number of likely N-dealkylation sites (tertiary alicyclic amines) is 1.